The average molecular weight is 340 g/mol. The summed E-state index contributed by atoms with van der Waals surface area (Å²) >= 11 is 0. The Morgan fingerprint density at radius 1 is 0.577 bits per heavy atom. The standard InChI is InChI=1S/C23H17FN2/c24-19-13-16-23(25-17-19)18-11-14-22(15-12-18)26(20-7-3-1-4-8-20)21-9-5-2-6-10-21/h1-17H. The first kappa shape index (κ1) is 16.0. The zero-order valence-corrected chi connectivity index (χ0v) is 14.1. The van der Waals surface area contributed by atoms with E-state index in [2.05, 4.69) is 46.3 Å². The number of nitrogens with zero attached hydrogens (tertiary/aromatic N) is 2. The van der Waals surface area contributed by atoms with Gasteiger partial charge in [-0.05, 0) is 48.5 Å². The van der Waals surface area contributed by atoms with Crippen LogP contribution in [-0.2, 0) is 0 Å². The minimum Gasteiger partial charge on any atom is -0.311 e. The molecule has 0 radical (unpaired) electrons. The average Bonchev–Trinajstić information content (AvgIpc) is 2.71. The first-order chi connectivity index (χ1) is 12.8. The van der Waals surface area contributed by atoms with Crippen LogP contribution in [0.5, 0.6) is 0 Å². The van der Waals surface area contributed by atoms with Crippen molar-refractivity contribution in [1.82, 2.24) is 4.98 Å². The normalized spacial score (nSPS) is 10.5. The van der Waals surface area contributed by atoms with Gasteiger partial charge >= 0.3 is 0 Å². The number of hydrogen-bond acceptors (Lipinski definition) is 2. The van der Waals surface area contributed by atoms with Crippen LogP contribution < -0.4 is 4.90 Å². The second kappa shape index (κ2) is 7.19. The number of rotatable bonds is 4. The van der Waals surface area contributed by atoms with Crippen molar-refractivity contribution in [2.45, 2.75) is 0 Å². The van der Waals surface area contributed by atoms with Gasteiger partial charge in [0.1, 0.15) is 5.82 Å². The maximum Gasteiger partial charge on any atom is 0.141 e. The lowest BCUT2D eigenvalue weighted by molar-refractivity contribution is 0.622. The summed E-state index contributed by atoms with van der Waals surface area (Å²) in [6, 6.07) is 31.7. The Morgan fingerprint density at radius 2 is 1.12 bits per heavy atom. The van der Waals surface area contributed by atoms with E-state index >= 15 is 0 Å². The van der Waals surface area contributed by atoms with E-state index in [1.165, 1.54) is 12.3 Å². The highest BCUT2D eigenvalue weighted by Crippen LogP contribution is 2.34. The second-order valence-electron chi connectivity index (χ2n) is 5.92. The van der Waals surface area contributed by atoms with Crippen LogP contribution in [-0.4, -0.2) is 4.98 Å². The van der Waals surface area contributed by atoms with Crippen molar-refractivity contribution in [3.05, 3.63) is 109 Å². The summed E-state index contributed by atoms with van der Waals surface area (Å²) in [6.07, 6.45) is 1.24. The third-order valence-corrected chi connectivity index (χ3v) is 4.18. The molecule has 26 heavy (non-hydrogen) atoms. The van der Waals surface area contributed by atoms with Gasteiger partial charge in [0.15, 0.2) is 0 Å². The van der Waals surface area contributed by atoms with Crippen LogP contribution in [0.1, 0.15) is 0 Å². The molecule has 0 atom stereocenters. The Balaban J connectivity index is 1.73. The lowest BCUT2D eigenvalue weighted by Gasteiger charge is -2.25. The molecule has 1 heterocycles. The minimum absolute atomic E-state index is 0.329. The zero-order valence-electron chi connectivity index (χ0n) is 14.1. The Kier molecular flexibility index (Phi) is 4.44. The Bertz CT molecular complexity index is 927. The van der Waals surface area contributed by atoms with Crippen molar-refractivity contribution in [3.8, 4) is 11.3 Å². The van der Waals surface area contributed by atoms with Gasteiger partial charge in [0.05, 0.1) is 11.9 Å². The van der Waals surface area contributed by atoms with Gasteiger partial charge in [0.2, 0.25) is 0 Å². The summed E-state index contributed by atoms with van der Waals surface area (Å²) in [6.45, 7) is 0. The molecule has 0 unspecified atom stereocenters. The smallest absolute Gasteiger partial charge is 0.141 e. The van der Waals surface area contributed by atoms with Gasteiger partial charge in [-0.3, -0.25) is 4.98 Å². The molecule has 0 spiro atoms. The number of benzene rings is 3. The summed E-state index contributed by atoms with van der Waals surface area (Å²) in [4.78, 5) is 6.35. The fraction of sp³-hybridized carbons (Fsp3) is 0. The van der Waals surface area contributed by atoms with Crippen molar-refractivity contribution in [2.75, 3.05) is 4.90 Å². The van der Waals surface area contributed by atoms with E-state index in [0.717, 1.165) is 28.3 Å². The largest absolute Gasteiger partial charge is 0.311 e. The van der Waals surface area contributed by atoms with E-state index in [1.807, 2.05) is 48.5 Å². The fourth-order valence-electron chi connectivity index (χ4n) is 2.93. The molecule has 1 aromatic heterocycles. The monoisotopic (exact) mass is 340 g/mol. The molecule has 0 fully saturated rings. The molecular formula is C23H17FN2. The molecule has 3 heteroatoms. The van der Waals surface area contributed by atoms with E-state index in [9.17, 15) is 4.39 Å². The lowest BCUT2D eigenvalue weighted by atomic mass is 10.1. The quantitative estimate of drug-likeness (QED) is 0.430. The third-order valence-electron chi connectivity index (χ3n) is 4.18. The van der Waals surface area contributed by atoms with Crippen LogP contribution in [0.15, 0.2) is 103 Å². The van der Waals surface area contributed by atoms with Crippen LogP contribution in [0.3, 0.4) is 0 Å². The molecule has 0 saturated carbocycles. The molecule has 0 aliphatic carbocycles. The number of hydrogen-bond donors (Lipinski definition) is 0. The summed E-state index contributed by atoms with van der Waals surface area (Å²) in [5.41, 5.74) is 4.93. The number of pyridine rings is 1. The maximum atomic E-state index is 13.1. The molecule has 2 nitrogen and oxygen atoms in total. The van der Waals surface area contributed by atoms with E-state index in [-0.39, 0.29) is 5.82 Å². The van der Waals surface area contributed by atoms with Crippen LogP contribution in [0.4, 0.5) is 21.5 Å². The lowest BCUT2D eigenvalue weighted by Crippen LogP contribution is -2.09. The summed E-state index contributed by atoms with van der Waals surface area (Å²) in [5, 5.41) is 0. The molecule has 0 amide bonds. The van der Waals surface area contributed by atoms with Crippen molar-refractivity contribution < 1.29 is 4.39 Å². The number of halogens is 1. The topological polar surface area (TPSA) is 16.1 Å². The van der Waals surface area contributed by atoms with E-state index in [4.69, 9.17) is 0 Å². The first-order valence-corrected chi connectivity index (χ1v) is 8.43. The number of para-hydroxylation sites is 2. The van der Waals surface area contributed by atoms with Gasteiger partial charge in [0.25, 0.3) is 0 Å². The first-order valence-electron chi connectivity index (χ1n) is 8.43. The molecule has 4 rings (SSSR count). The van der Waals surface area contributed by atoms with E-state index in [0.29, 0.717) is 0 Å². The Labute approximate surface area is 152 Å². The van der Waals surface area contributed by atoms with Crippen molar-refractivity contribution in [3.63, 3.8) is 0 Å². The third kappa shape index (κ3) is 3.33. The minimum atomic E-state index is -0.329. The predicted octanol–water partition coefficient (Wildman–Crippen LogP) is 6.36. The van der Waals surface area contributed by atoms with E-state index in [1.54, 1.807) is 6.07 Å². The van der Waals surface area contributed by atoms with Crippen LogP contribution in [0.25, 0.3) is 11.3 Å². The van der Waals surface area contributed by atoms with Crippen molar-refractivity contribution in [1.29, 1.82) is 0 Å². The maximum absolute atomic E-state index is 13.1. The van der Waals surface area contributed by atoms with Gasteiger partial charge in [-0.15, -0.1) is 0 Å². The summed E-state index contributed by atoms with van der Waals surface area (Å²) in [5.74, 6) is -0.329. The van der Waals surface area contributed by atoms with Crippen molar-refractivity contribution >= 4 is 17.1 Å². The number of aromatic nitrogens is 1. The number of anilines is 3. The van der Waals surface area contributed by atoms with Gasteiger partial charge in [-0.2, -0.15) is 0 Å². The van der Waals surface area contributed by atoms with Crippen LogP contribution in [0, 0.1) is 5.82 Å². The molecule has 0 saturated heterocycles. The Morgan fingerprint density at radius 3 is 1.62 bits per heavy atom. The predicted molar refractivity (Wildman–Crippen MR) is 104 cm³/mol. The zero-order chi connectivity index (χ0) is 17.8. The molecule has 0 aliphatic rings. The summed E-state index contributed by atoms with van der Waals surface area (Å²) in [7, 11) is 0. The van der Waals surface area contributed by atoms with Gasteiger partial charge in [-0.25, -0.2) is 4.39 Å². The van der Waals surface area contributed by atoms with Gasteiger partial charge in [-0.1, -0.05) is 48.5 Å². The fourth-order valence-corrected chi connectivity index (χ4v) is 2.93. The molecule has 0 aliphatic heterocycles. The highest BCUT2D eigenvalue weighted by Gasteiger charge is 2.11. The molecular weight excluding hydrogens is 323 g/mol. The summed E-state index contributed by atoms with van der Waals surface area (Å²) < 4.78 is 13.1. The highest BCUT2D eigenvalue weighted by atomic mass is 19.1. The molecule has 4 aromatic rings. The SMILES string of the molecule is Fc1ccc(-c2ccc(N(c3ccccc3)c3ccccc3)cc2)nc1. The van der Waals surface area contributed by atoms with Crippen LogP contribution in [0.2, 0.25) is 0 Å². The van der Waals surface area contributed by atoms with Gasteiger partial charge in [0, 0.05) is 22.6 Å². The molecule has 0 bridgehead atoms. The molecule has 3 aromatic carbocycles. The second-order valence-corrected chi connectivity index (χ2v) is 5.92. The van der Waals surface area contributed by atoms with Crippen LogP contribution >= 0.6 is 0 Å². The van der Waals surface area contributed by atoms with Crippen molar-refractivity contribution in [2.24, 2.45) is 0 Å². The highest BCUT2D eigenvalue weighted by molar-refractivity contribution is 5.77. The molecule has 126 valence electrons. The van der Waals surface area contributed by atoms with E-state index < -0.39 is 0 Å². The molecule has 0 N–H and O–H groups in total. The van der Waals surface area contributed by atoms with Gasteiger partial charge < -0.3 is 4.90 Å². The Hall–Kier alpha value is -3.46.